The second-order valence-corrected chi connectivity index (χ2v) is 6.78. The zero-order valence-corrected chi connectivity index (χ0v) is 13.1. The molecule has 3 heterocycles. The number of nitrogens with one attached hydrogen (secondary N) is 1. The molecule has 1 aliphatic heterocycles. The van der Waals surface area contributed by atoms with E-state index in [-0.39, 0.29) is 12.4 Å². The van der Waals surface area contributed by atoms with Gasteiger partial charge in [-0.05, 0) is 19.8 Å². The Balaban J connectivity index is 1.64. The second kappa shape index (κ2) is 6.15. The fourth-order valence-corrected chi connectivity index (χ4v) is 3.50. The van der Waals surface area contributed by atoms with Crippen molar-refractivity contribution in [2.24, 2.45) is 0 Å². The van der Waals surface area contributed by atoms with Crippen molar-refractivity contribution in [1.29, 1.82) is 0 Å². The first-order valence-corrected chi connectivity index (χ1v) is 8.62. The van der Waals surface area contributed by atoms with E-state index in [1.807, 2.05) is 13.1 Å². The zero-order chi connectivity index (χ0) is 15.6. The second-order valence-electron chi connectivity index (χ2n) is 5.03. The Morgan fingerprint density at radius 2 is 2.14 bits per heavy atom. The molecule has 0 aliphatic carbocycles. The molecule has 3 rings (SSSR count). The summed E-state index contributed by atoms with van der Waals surface area (Å²) >= 11 is 0. The minimum absolute atomic E-state index is 0.0201. The topological polar surface area (TPSA) is 106 Å². The largest absolute Gasteiger partial charge is 0.338 e. The quantitative estimate of drug-likeness (QED) is 0.823. The molecule has 1 fully saturated rings. The molecule has 0 bridgehead atoms. The molecule has 0 spiro atoms. The molecule has 0 atom stereocenters. The zero-order valence-electron chi connectivity index (χ0n) is 12.3. The lowest BCUT2D eigenvalue weighted by atomic mass is 10.3. The number of aromatic nitrogens is 4. The summed E-state index contributed by atoms with van der Waals surface area (Å²) in [6.07, 6.45) is 5.25. The molecule has 1 aliphatic rings. The first-order valence-electron chi connectivity index (χ1n) is 7.18. The molecule has 1 saturated heterocycles. The Hall–Kier alpha value is -1.78. The van der Waals surface area contributed by atoms with Crippen LogP contribution < -0.4 is 4.72 Å². The maximum Gasteiger partial charge on any atom is 0.279 e. The van der Waals surface area contributed by atoms with Gasteiger partial charge in [0.05, 0.1) is 18.3 Å². The third-order valence-electron chi connectivity index (χ3n) is 3.49. The molecule has 22 heavy (non-hydrogen) atoms. The highest BCUT2D eigenvalue weighted by atomic mass is 32.2. The summed E-state index contributed by atoms with van der Waals surface area (Å²) in [7, 11) is -3.47. The van der Waals surface area contributed by atoms with Crippen molar-refractivity contribution >= 4 is 10.2 Å². The molecule has 1 N–H and O–H groups in total. The molecule has 0 radical (unpaired) electrons. The Morgan fingerprint density at radius 3 is 2.82 bits per heavy atom. The van der Waals surface area contributed by atoms with Crippen molar-refractivity contribution in [2.75, 3.05) is 13.1 Å². The van der Waals surface area contributed by atoms with Gasteiger partial charge in [0.25, 0.3) is 10.2 Å². The van der Waals surface area contributed by atoms with Crippen LogP contribution in [0.5, 0.6) is 0 Å². The highest BCUT2D eigenvalue weighted by molar-refractivity contribution is 7.87. The molecule has 0 amide bonds. The SMILES string of the molecule is CCn1cc(-c2noc(CNS(=O)(=O)N3CCCC3)n2)cn1. The molecule has 0 aromatic carbocycles. The molecule has 2 aromatic heterocycles. The average Bonchev–Trinajstić information content (AvgIpc) is 3.24. The van der Waals surface area contributed by atoms with Crippen LogP contribution >= 0.6 is 0 Å². The van der Waals surface area contributed by atoms with Gasteiger partial charge in [-0.1, -0.05) is 5.16 Å². The smallest absolute Gasteiger partial charge is 0.279 e. The van der Waals surface area contributed by atoms with E-state index in [4.69, 9.17) is 4.52 Å². The minimum atomic E-state index is -3.47. The summed E-state index contributed by atoms with van der Waals surface area (Å²) < 4.78 is 34.8. The van der Waals surface area contributed by atoms with Crippen molar-refractivity contribution in [3.63, 3.8) is 0 Å². The van der Waals surface area contributed by atoms with Crippen LogP contribution in [0.25, 0.3) is 11.4 Å². The van der Waals surface area contributed by atoms with Gasteiger partial charge in [0.15, 0.2) is 0 Å². The summed E-state index contributed by atoms with van der Waals surface area (Å²) in [5, 5.41) is 7.98. The first kappa shape index (κ1) is 15.1. The molecule has 120 valence electrons. The fourth-order valence-electron chi connectivity index (χ4n) is 2.27. The van der Waals surface area contributed by atoms with E-state index in [0.29, 0.717) is 18.9 Å². The summed E-state index contributed by atoms with van der Waals surface area (Å²) in [4.78, 5) is 4.18. The van der Waals surface area contributed by atoms with Crippen LogP contribution in [0.1, 0.15) is 25.7 Å². The van der Waals surface area contributed by atoms with Gasteiger partial charge in [-0.15, -0.1) is 0 Å². The lowest BCUT2D eigenvalue weighted by Gasteiger charge is -2.14. The molecule has 0 saturated carbocycles. The van der Waals surface area contributed by atoms with Crippen molar-refractivity contribution in [1.82, 2.24) is 28.9 Å². The molecular formula is C12H18N6O3S. The first-order chi connectivity index (χ1) is 10.6. The van der Waals surface area contributed by atoms with Crippen molar-refractivity contribution in [2.45, 2.75) is 32.9 Å². The summed E-state index contributed by atoms with van der Waals surface area (Å²) in [5.74, 6) is 0.622. The lowest BCUT2D eigenvalue weighted by molar-refractivity contribution is 0.373. The van der Waals surface area contributed by atoms with E-state index in [1.165, 1.54) is 4.31 Å². The van der Waals surface area contributed by atoms with Gasteiger partial charge >= 0.3 is 0 Å². The Kier molecular flexibility index (Phi) is 4.23. The monoisotopic (exact) mass is 326 g/mol. The predicted octanol–water partition coefficient (Wildman–Crippen LogP) is 0.383. The highest BCUT2D eigenvalue weighted by Crippen LogP contribution is 2.15. The number of rotatable bonds is 6. The maximum atomic E-state index is 12.0. The van der Waals surface area contributed by atoms with Gasteiger partial charge < -0.3 is 4.52 Å². The van der Waals surface area contributed by atoms with Gasteiger partial charge in [-0.2, -0.15) is 27.5 Å². The Morgan fingerprint density at radius 1 is 1.36 bits per heavy atom. The normalized spacial score (nSPS) is 16.4. The predicted molar refractivity (Wildman–Crippen MR) is 77.8 cm³/mol. The van der Waals surface area contributed by atoms with E-state index in [9.17, 15) is 8.42 Å². The van der Waals surface area contributed by atoms with Gasteiger partial charge in [0, 0.05) is 25.8 Å². The van der Waals surface area contributed by atoms with Gasteiger partial charge in [-0.3, -0.25) is 4.68 Å². The Labute approximate surface area is 128 Å². The van der Waals surface area contributed by atoms with Gasteiger partial charge in [-0.25, -0.2) is 0 Å². The van der Waals surface area contributed by atoms with Crippen LogP contribution in [0.4, 0.5) is 0 Å². The van der Waals surface area contributed by atoms with Crippen LogP contribution in [0, 0.1) is 0 Å². The average molecular weight is 326 g/mol. The standard InChI is InChI=1S/C12H18N6O3S/c1-2-17-9-10(7-13-17)12-15-11(21-16-12)8-14-22(19,20)18-5-3-4-6-18/h7,9,14H,2-6,8H2,1H3. The number of hydrogen-bond acceptors (Lipinski definition) is 6. The van der Waals surface area contributed by atoms with E-state index >= 15 is 0 Å². The van der Waals surface area contributed by atoms with Crippen LogP contribution in [0.2, 0.25) is 0 Å². The number of hydrogen-bond donors (Lipinski definition) is 1. The van der Waals surface area contributed by atoms with Crippen LogP contribution in [-0.2, 0) is 23.3 Å². The van der Waals surface area contributed by atoms with E-state index in [1.54, 1.807) is 10.9 Å². The van der Waals surface area contributed by atoms with Crippen LogP contribution in [-0.4, -0.2) is 45.7 Å². The van der Waals surface area contributed by atoms with E-state index < -0.39 is 10.2 Å². The van der Waals surface area contributed by atoms with Crippen LogP contribution in [0.3, 0.4) is 0 Å². The molecule has 0 unspecified atom stereocenters. The van der Waals surface area contributed by atoms with E-state index in [0.717, 1.165) is 24.9 Å². The lowest BCUT2D eigenvalue weighted by Crippen LogP contribution is -2.38. The maximum absolute atomic E-state index is 12.0. The summed E-state index contributed by atoms with van der Waals surface area (Å²) in [6, 6.07) is 0. The van der Waals surface area contributed by atoms with Crippen molar-refractivity contribution in [3.05, 3.63) is 18.3 Å². The highest BCUT2D eigenvalue weighted by Gasteiger charge is 2.25. The van der Waals surface area contributed by atoms with Gasteiger partial charge in [0.2, 0.25) is 11.7 Å². The van der Waals surface area contributed by atoms with Gasteiger partial charge in [0.1, 0.15) is 0 Å². The minimum Gasteiger partial charge on any atom is -0.338 e. The van der Waals surface area contributed by atoms with E-state index in [2.05, 4.69) is 20.0 Å². The number of nitrogens with zero attached hydrogens (tertiary/aromatic N) is 5. The summed E-state index contributed by atoms with van der Waals surface area (Å²) in [5.41, 5.74) is 0.735. The molecule has 2 aromatic rings. The van der Waals surface area contributed by atoms with Crippen LogP contribution in [0.15, 0.2) is 16.9 Å². The third-order valence-corrected chi connectivity index (χ3v) is 5.05. The summed E-state index contributed by atoms with van der Waals surface area (Å²) in [6.45, 7) is 3.82. The molecule has 10 heteroatoms. The van der Waals surface area contributed by atoms with Crippen molar-refractivity contribution < 1.29 is 12.9 Å². The fraction of sp³-hybridized carbons (Fsp3) is 0.583. The molecule has 9 nitrogen and oxygen atoms in total. The van der Waals surface area contributed by atoms with Crippen molar-refractivity contribution in [3.8, 4) is 11.4 Å². The third kappa shape index (κ3) is 3.18. The Bertz CT molecular complexity index is 732. The number of aryl methyl sites for hydroxylation is 1. The molecular weight excluding hydrogens is 308 g/mol.